The standard InChI is InChI=1S/C14H23N3O2/c1-10-8-17(9-13-11(2)15-19-16-13)7-6-14(10,18)12-4-3-5-12/h10,12,18H,3-9H2,1-2H3/t10-,14+/m1/s1. The molecule has 2 atom stereocenters. The number of aromatic nitrogens is 2. The summed E-state index contributed by atoms with van der Waals surface area (Å²) in [7, 11) is 0. The highest BCUT2D eigenvalue weighted by atomic mass is 16.6. The van der Waals surface area contributed by atoms with Gasteiger partial charge in [-0.2, -0.15) is 0 Å². The Labute approximate surface area is 113 Å². The highest BCUT2D eigenvalue weighted by molar-refractivity contribution is 5.06. The monoisotopic (exact) mass is 265 g/mol. The second kappa shape index (κ2) is 4.87. The van der Waals surface area contributed by atoms with Gasteiger partial charge < -0.3 is 5.11 Å². The second-order valence-electron chi connectivity index (χ2n) is 6.30. The van der Waals surface area contributed by atoms with Crippen molar-refractivity contribution in [1.82, 2.24) is 15.2 Å². The molecule has 1 aliphatic carbocycles. The van der Waals surface area contributed by atoms with Gasteiger partial charge in [0, 0.05) is 19.6 Å². The van der Waals surface area contributed by atoms with Gasteiger partial charge in [0.1, 0.15) is 11.4 Å². The van der Waals surface area contributed by atoms with Crippen LogP contribution in [0.5, 0.6) is 0 Å². The zero-order valence-corrected chi connectivity index (χ0v) is 11.8. The molecule has 2 fully saturated rings. The Morgan fingerprint density at radius 1 is 1.42 bits per heavy atom. The Hall–Kier alpha value is -0.940. The largest absolute Gasteiger partial charge is 0.389 e. The van der Waals surface area contributed by atoms with Crippen LogP contribution in [-0.2, 0) is 6.54 Å². The predicted molar refractivity (Wildman–Crippen MR) is 70.4 cm³/mol. The van der Waals surface area contributed by atoms with Crippen molar-refractivity contribution in [2.24, 2.45) is 11.8 Å². The molecule has 0 amide bonds. The molecule has 0 aromatic carbocycles. The molecule has 1 aromatic rings. The maximum atomic E-state index is 10.9. The minimum Gasteiger partial charge on any atom is -0.389 e. The van der Waals surface area contributed by atoms with E-state index in [0.717, 1.165) is 37.4 Å². The average Bonchev–Trinajstić information content (AvgIpc) is 2.68. The first kappa shape index (κ1) is 13.1. The smallest absolute Gasteiger partial charge is 0.122 e. The number of aryl methyl sites for hydroxylation is 1. The molecule has 1 saturated carbocycles. The van der Waals surface area contributed by atoms with Crippen molar-refractivity contribution < 1.29 is 9.74 Å². The van der Waals surface area contributed by atoms with Gasteiger partial charge in [0.25, 0.3) is 0 Å². The van der Waals surface area contributed by atoms with Crippen molar-refractivity contribution in [1.29, 1.82) is 0 Å². The first-order chi connectivity index (χ1) is 9.09. The summed E-state index contributed by atoms with van der Waals surface area (Å²) in [6.45, 7) is 6.74. The third kappa shape index (κ3) is 2.30. The van der Waals surface area contributed by atoms with E-state index in [-0.39, 0.29) is 0 Å². The fraction of sp³-hybridized carbons (Fsp3) is 0.857. The SMILES string of the molecule is Cc1nonc1CN1CC[C@@](O)(C2CCC2)[C@H](C)C1. The third-order valence-electron chi connectivity index (χ3n) is 5.15. The lowest BCUT2D eigenvalue weighted by Crippen LogP contribution is -2.56. The molecular weight excluding hydrogens is 242 g/mol. The van der Waals surface area contributed by atoms with Gasteiger partial charge in [-0.25, -0.2) is 4.63 Å². The molecule has 5 nitrogen and oxygen atoms in total. The number of piperidine rings is 1. The number of nitrogens with zero attached hydrogens (tertiary/aromatic N) is 3. The summed E-state index contributed by atoms with van der Waals surface area (Å²) < 4.78 is 4.74. The quantitative estimate of drug-likeness (QED) is 0.902. The van der Waals surface area contributed by atoms with Gasteiger partial charge in [0.15, 0.2) is 0 Å². The maximum Gasteiger partial charge on any atom is 0.122 e. The van der Waals surface area contributed by atoms with Gasteiger partial charge in [-0.15, -0.1) is 0 Å². The molecule has 106 valence electrons. The molecule has 1 N–H and O–H groups in total. The van der Waals surface area contributed by atoms with E-state index in [2.05, 4.69) is 22.1 Å². The molecule has 0 unspecified atom stereocenters. The molecule has 2 aliphatic rings. The number of likely N-dealkylation sites (tertiary alicyclic amines) is 1. The number of hydrogen-bond acceptors (Lipinski definition) is 5. The second-order valence-corrected chi connectivity index (χ2v) is 6.30. The van der Waals surface area contributed by atoms with E-state index in [1.165, 1.54) is 19.3 Å². The molecule has 1 aromatic heterocycles. The van der Waals surface area contributed by atoms with Gasteiger partial charge in [-0.1, -0.05) is 23.7 Å². The summed E-state index contributed by atoms with van der Waals surface area (Å²) in [5, 5.41) is 18.6. The van der Waals surface area contributed by atoms with E-state index in [0.29, 0.717) is 11.8 Å². The third-order valence-corrected chi connectivity index (χ3v) is 5.15. The summed E-state index contributed by atoms with van der Waals surface area (Å²) in [6, 6.07) is 0. The van der Waals surface area contributed by atoms with E-state index in [1.807, 2.05) is 6.92 Å². The molecule has 0 radical (unpaired) electrons. The molecule has 0 spiro atoms. The molecule has 5 heteroatoms. The normalized spacial score (nSPS) is 33.3. The van der Waals surface area contributed by atoms with Crippen molar-refractivity contribution in [3.63, 3.8) is 0 Å². The van der Waals surface area contributed by atoms with Crippen LogP contribution in [0.4, 0.5) is 0 Å². The Morgan fingerprint density at radius 2 is 2.21 bits per heavy atom. The average molecular weight is 265 g/mol. The van der Waals surface area contributed by atoms with Crippen LogP contribution < -0.4 is 0 Å². The van der Waals surface area contributed by atoms with Crippen LogP contribution in [0.2, 0.25) is 0 Å². The fourth-order valence-corrected chi connectivity index (χ4v) is 3.48. The molecule has 1 saturated heterocycles. The van der Waals surface area contributed by atoms with Crippen LogP contribution in [0, 0.1) is 18.8 Å². The lowest BCUT2D eigenvalue weighted by Gasteiger charge is -2.50. The minimum absolute atomic E-state index is 0.326. The van der Waals surface area contributed by atoms with Gasteiger partial charge in [-0.3, -0.25) is 4.90 Å². The maximum absolute atomic E-state index is 10.9. The summed E-state index contributed by atoms with van der Waals surface area (Å²) in [5.41, 5.74) is 1.35. The topological polar surface area (TPSA) is 62.4 Å². The number of aliphatic hydroxyl groups is 1. The Morgan fingerprint density at radius 3 is 2.74 bits per heavy atom. The Balaban J connectivity index is 1.62. The first-order valence-corrected chi connectivity index (χ1v) is 7.32. The van der Waals surface area contributed by atoms with Crippen molar-refractivity contribution in [2.75, 3.05) is 13.1 Å². The Kier molecular flexibility index (Phi) is 3.35. The summed E-state index contributed by atoms with van der Waals surface area (Å²) in [4.78, 5) is 2.35. The molecule has 3 rings (SSSR count). The van der Waals surface area contributed by atoms with Crippen LogP contribution in [0.25, 0.3) is 0 Å². The van der Waals surface area contributed by atoms with Crippen LogP contribution in [0.15, 0.2) is 4.63 Å². The van der Waals surface area contributed by atoms with Crippen LogP contribution in [0.3, 0.4) is 0 Å². The lowest BCUT2D eigenvalue weighted by atomic mass is 9.65. The molecule has 1 aliphatic heterocycles. The lowest BCUT2D eigenvalue weighted by molar-refractivity contribution is -0.128. The molecule has 2 heterocycles. The molecular formula is C14H23N3O2. The molecule has 19 heavy (non-hydrogen) atoms. The fourth-order valence-electron chi connectivity index (χ4n) is 3.48. The highest BCUT2D eigenvalue weighted by Crippen LogP contribution is 2.44. The van der Waals surface area contributed by atoms with Crippen molar-refractivity contribution in [3.8, 4) is 0 Å². The van der Waals surface area contributed by atoms with Gasteiger partial charge in [0.05, 0.1) is 5.60 Å². The van der Waals surface area contributed by atoms with E-state index in [9.17, 15) is 5.11 Å². The predicted octanol–water partition coefficient (Wildman–Crippen LogP) is 1.75. The van der Waals surface area contributed by atoms with Crippen molar-refractivity contribution in [3.05, 3.63) is 11.4 Å². The summed E-state index contributed by atoms with van der Waals surface area (Å²) in [5.74, 6) is 0.854. The van der Waals surface area contributed by atoms with Gasteiger partial charge >= 0.3 is 0 Å². The summed E-state index contributed by atoms with van der Waals surface area (Å²) in [6.07, 6.45) is 4.57. The van der Waals surface area contributed by atoms with Crippen molar-refractivity contribution in [2.45, 2.75) is 51.7 Å². The minimum atomic E-state index is -0.439. The summed E-state index contributed by atoms with van der Waals surface area (Å²) >= 11 is 0. The number of hydrogen-bond donors (Lipinski definition) is 1. The van der Waals surface area contributed by atoms with E-state index >= 15 is 0 Å². The number of rotatable bonds is 3. The van der Waals surface area contributed by atoms with Gasteiger partial charge in [0.2, 0.25) is 0 Å². The van der Waals surface area contributed by atoms with E-state index in [1.54, 1.807) is 0 Å². The zero-order valence-electron chi connectivity index (χ0n) is 11.8. The Bertz CT molecular complexity index is 444. The molecule has 0 bridgehead atoms. The van der Waals surface area contributed by atoms with Gasteiger partial charge in [-0.05, 0) is 38.0 Å². The van der Waals surface area contributed by atoms with Crippen LogP contribution >= 0.6 is 0 Å². The van der Waals surface area contributed by atoms with Crippen LogP contribution in [-0.4, -0.2) is 39.0 Å². The van der Waals surface area contributed by atoms with Crippen LogP contribution in [0.1, 0.15) is 44.0 Å². The van der Waals surface area contributed by atoms with E-state index < -0.39 is 5.60 Å². The first-order valence-electron chi connectivity index (χ1n) is 7.32. The van der Waals surface area contributed by atoms with Crippen molar-refractivity contribution >= 4 is 0 Å². The zero-order chi connectivity index (χ0) is 13.5. The van der Waals surface area contributed by atoms with E-state index in [4.69, 9.17) is 4.63 Å². The highest BCUT2D eigenvalue weighted by Gasteiger charge is 2.46.